The number of carbonyl (C=O) groups excluding carboxylic acids is 1. The summed E-state index contributed by atoms with van der Waals surface area (Å²) in [4.78, 5) is 22.0. The van der Waals surface area contributed by atoms with E-state index in [4.69, 9.17) is 0 Å². The maximum atomic E-state index is 11.9. The average molecular weight is 236 g/mol. The van der Waals surface area contributed by atoms with Crippen molar-refractivity contribution in [2.24, 2.45) is 0 Å². The molecule has 1 aromatic rings. The third-order valence-electron chi connectivity index (χ3n) is 2.84. The summed E-state index contributed by atoms with van der Waals surface area (Å²) in [5, 5.41) is 22.8. The van der Waals surface area contributed by atoms with Crippen LogP contribution in [0.4, 0.5) is 5.69 Å². The van der Waals surface area contributed by atoms with Gasteiger partial charge in [0.15, 0.2) is 0 Å². The lowest BCUT2D eigenvalue weighted by molar-refractivity contribution is -0.385. The van der Waals surface area contributed by atoms with Crippen molar-refractivity contribution in [1.29, 1.82) is 0 Å². The normalized spacial score (nSPS) is 16.3. The molecule has 90 valence electrons. The Morgan fingerprint density at radius 2 is 2.18 bits per heavy atom. The molecule has 1 amide bonds. The van der Waals surface area contributed by atoms with Crippen LogP contribution in [0, 0.1) is 10.1 Å². The summed E-state index contributed by atoms with van der Waals surface area (Å²) in [5.74, 6) is -0.686. The van der Waals surface area contributed by atoms with Gasteiger partial charge in [0.2, 0.25) is 0 Å². The minimum atomic E-state index is -0.635. The highest BCUT2D eigenvalue weighted by atomic mass is 16.6. The second kappa shape index (κ2) is 3.73. The number of phenols is 1. The van der Waals surface area contributed by atoms with Gasteiger partial charge in [0, 0.05) is 11.6 Å². The summed E-state index contributed by atoms with van der Waals surface area (Å²) in [5.41, 5.74) is -0.663. The van der Waals surface area contributed by atoms with Crippen molar-refractivity contribution in [3.05, 3.63) is 33.9 Å². The van der Waals surface area contributed by atoms with Gasteiger partial charge in [-0.1, -0.05) is 0 Å². The first-order valence-electron chi connectivity index (χ1n) is 5.21. The Hall–Kier alpha value is -2.11. The average Bonchev–Trinajstić information content (AvgIpc) is 2.95. The van der Waals surface area contributed by atoms with Crippen LogP contribution in [0.3, 0.4) is 0 Å². The number of rotatable bonds is 3. The van der Waals surface area contributed by atoms with E-state index >= 15 is 0 Å². The van der Waals surface area contributed by atoms with Crippen LogP contribution < -0.4 is 5.32 Å². The summed E-state index contributed by atoms with van der Waals surface area (Å²) in [7, 11) is 0. The number of nitrogens with zero attached hydrogens (tertiary/aromatic N) is 1. The Bertz CT molecular complexity index is 494. The summed E-state index contributed by atoms with van der Waals surface area (Å²) < 4.78 is 0. The maximum Gasteiger partial charge on any atom is 0.282 e. The zero-order valence-electron chi connectivity index (χ0n) is 9.27. The number of hydrogen-bond donors (Lipinski definition) is 2. The molecule has 0 aromatic heterocycles. The number of benzene rings is 1. The first-order chi connectivity index (χ1) is 7.91. The summed E-state index contributed by atoms with van der Waals surface area (Å²) in [6.45, 7) is 1.87. The monoisotopic (exact) mass is 236 g/mol. The van der Waals surface area contributed by atoms with Crippen LogP contribution in [-0.4, -0.2) is 21.5 Å². The SMILES string of the molecule is CC1(NC(=O)c2cc(O)ccc2[N+](=O)[O-])CC1. The van der Waals surface area contributed by atoms with Crippen molar-refractivity contribution in [3.8, 4) is 5.75 Å². The Kier molecular flexibility index (Phi) is 2.49. The molecule has 0 atom stereocenters. The molecule has 0 heterocycles. The van der Waals surface area contributed by atoms with E-state index in [2.05, 4.69) is 5.32 Å². The Morgan fingerprint density at radius 3 is 2.71 bits per heavy atom. The van der Waals surface area contributed by atoms with Gasteiger partial charge in [0.05, 0.1) is 4.92 Å². The van der Waals surface area contributed by atoms with Crippen molar-refractivity contribution >= 4 is 11.6 Å². The number of hydrogen-bond acceptors (Lipinski definition) is 4. The maximum absolute atomic E-state index is 11.9. The van der Waals surface area contributed by atoms with Crippen LogP contribution in [0.1, 0.15) is 30.1 Å². The minimum Gasteiger partial charge on any atom is -0.508 e. The summed E-state index contributed by atoms with van der Waals surface area (Å²) >= 11 is 0. The molecule has 0 saturated heterocycles. The first-order valence-corrected chi connectivity index (χ1v) is 5.21. The molecule has 0 spiro atoms. The molecular formula is C11H12N2O4. The fourth-order valence-electron chi connectivity index (χ4n) is 1.52. The fraction of sp³-hybridized carbons (Fsp3) is 0.364. The molecule has 1 fully saturated rings. The van der Waals surface area contributed by atoms with Crippen molar-refractivity contribution in [1.82, 2.24) is 5.32 Å². The van der Waals surface area contributed by atoms with Gasteiger partial charge in [0.25, 0.3) is 11.6 Å². The Balaban J connectivity index is 2.32. The Morgan fingerprint density at radius 1 is 1.53 bits per heavy atom. The van der Waals surface area contributed by atoms with Crippen LogP contribution in [0.5, 0.6) is 5.75 Å². The number of nitro groups is 1. The second-order valence-corrected chi connectivity index (χ2v) is 4.47. The van der Waals surface area contributed by atoms with E-state index < -0.39 is 10.8 Å². The lowest BCUT2D eigenvalue weighted by Gasteiger charge is -2.11. The molecule has 17 heavy (non-hydrogen) atoms. The highest BCUT2D eigenvalue weighted by molar-refractivity contribution is 5.99. The van der Waals surface area contributed by atoms with Gasteiger partial charge in [0.1, 0.15) is 11.3 Å². The van der Waals surface area contributed by atoms with Crippen molar-refractivity contribution in [2.45, 2.75) is 25.3 Å². The van der Waals surface area contributed by atoms with Crippen molar-refractivity contribution in [3.63, 3.8) is 0 Å². The fourth-order valence-corrected chi connectivity index (χ4v) is 1.52. The van der Waals surface area contributed by atoms with Crippen molar-refractivity contribution in [2.75, 3.05) is 0 Å². The molecule has 0 aliphatic heterocycles. The molecule has 1 aromatic carbocycles. The van der Waals surface area contributed by atoms with Gasteiger partial charge >= 0.3 is 0 Å². The molecule has 2 rings (SSSR count). The molecule has 0 radical (unpaired) electrons. The zero-order chi connectivity index (χ0) is 12.6. The van der Waals surface area contributed by atoms with E-state index in [1.54, 1.807) is 0 Å². The van der Waals surface area contributed by atoms with Gasteiger partial charge in [-0.2, -0.15) is 0 Å². The number of aromatic hydroxyl groups is 1. The number of phenolic OH excluding ortho intramolecular Hbond substituents is 1. The van der Waals surface area contributed by atoms with E-state index in [1.165, 1.54) is 6.07 Å². The number of carbonyl (C=O) groups is 1. The standard InChI is InChI=1S/C11H12N2O4/c1-11(4-5-11)12-10(15)8-6-7(14)2-3-9(8)13(16)17/h2-3,6,14H,4-5H2,1H3,(H,12,15). The van der Waals surface area contributed by atoms with E-state index in [9.17, 15) is 20.0 Å². The van der Waals surface area contributed by atoms with Gasteiger partial charge in [-0.15, -0.1) is 0 Å². The topological polar surface area (TPSA) is 92.5 Å². The molecule has 1 aliphatic carbocycles. The highest BCUT2D eigenvalue weighted by Crippen LogP contribution is 2.35. The Labute approximate surface area is 97.4 Å². The van der Waals surface area contributed by atoms with Crippen LogP contribution in [0.25, 0.3) is 0 Å². The molecule has 1 aliphatic rings. The van der Waals surface area contributed by atoms with Crippen LogP contribution in [0.15, 0.2) is 18.2 Å². The van der Waals surface area contributed by atoms with Gasteiger partial charge in [-0.05, 0) is 31.9 Å². The quantitative estimate of drug-likeness (QED) is 0.615. The number of nitro benzene ring substituents is 1. The van der Waals surface area contributed by atoms with E-state index in [0.717, 1.165) is 25.0 Å². The molecule has 6 nitrogen and oxygen atoms in total. The second-order valence-electron chi connectivity index (χ2n) is 4.47. The number of amides is 1. The highest BCUT2D eigenvalue weighted by Gasteiger charge is 2.39. The number of nitrogens with one attached hydrogen (secondary N) is 1. The zero-order valence-corrected chi connectivity index (χ0v) is 9.27. The molecule has 1 saturated carbocycles. The van der Waals surface area contributed by atoms with Crippen LogP contribution in [-0.2, 0) is 0 Å². The third kappa shape index (κ3) is 2.35. The molecule has 6 heteroatoms. The van der Waals surface area contributed by atoms with E-state index in [0.29, 0.717) is 0 Å². The lowest BCUT2D eigenvalue weighted by Crippen LogP contribution is -2.34. The largest absolute Gasteiger partial charge is 0.508 e. The predicted octanol–water partition coefficient (Wildman–Crippen LogP) is 1.58. The van der Waals surface area contributed by atoms with Gasteiger partial charge in [-0.3, -0.25) is 14.9 Å². The molecule has 2 N–H and O–H groups in total. The minimum absolute atomic E-state index is 0.108. The molecular weight excluding hydrogens is 224 g/mol. The van der Waals surface area contributed by atoms with Gasteiger partial charge in [-0.25, -0.2) is 0 Å². The van der Waals surface area contributed by atoms with Crippen LogP contribution >= 0.6 is 0 Å². The third-order valence-corrected chi connectivity index (χ3v) is 2.84. The summed E-state index contributed by atoms with van der Waals surface area (Å²) in [6.07, 6.45) is 1.73. The summed E-state index contributed by atoms with van der Waals surface area (Å²) in [6, 6.07) is 3.42. The van der Waals surface area contributed by atoms with E-state index in [-0.39, 0.29) is 22.5 Å². The molecule has 0 unspecified atom stereocenters. The van der Waals surface area contributed by atoms with Crippen LogP contribution in [0.2, 0.25) is 0 Å². The predicted molar refractivity (Wildman–Crippen MR) is 59.9 cm³/mol. The van der Waals surface area contributed by atoms with Crippen molar-refractivity contribution < 1.29 is 14.8 Å². The smallest absolute Gasteiger partial charge is 0.282 e. The molecule has 0 bridgehead atoms. The van der Waals surface area contributed by atoms with E-state index in [1.807, 2.05) is 6.92 Å². The first kappa shape index (κ1) is 11.4. The van der Waals surface area contributed by atoms with Gasteiger partial charge < -0.3 is 10.4 Å². The lowest BCUT2D eigenvalue weighted by atomic mass is 10.1.